The predicted molar refractivity (Wildman–Crippen MR) is 66.7 cm³/mol. The first-order valence-corrected chi connectivity index (χ1v) is 6.12. The van der Waals surface area contributed by atoms with Gasteiger partial charge in [0.05, 0.1) is 25.2 Å². The lowest BCUT2D eigenvalue weighted by Gasteiger charge is -2.42. The Balaban J connectivity index is 2.05. The van der Waals surface area contributed by atoms with Crippen molar-refractivity contribution in [1.29, 1.82) is 0 Å². The SMILES string of the molecule is CC1(C)COCCN1C(=O)Cc1ccc(F)cc1. The summed E-state index contributed by atoms with van der Waals surface area (Å²) in [5.74, 6) is -0.215. The fourth-order valence-electron chi connectivity index (χ4n) is 2.19. The molecule has 1 aromatic carbocycles. The second kappa shape index (κ2) is 5.06. The van der Waals surface area contributed by atoms with Gasteiger partial charge in [-0.2, -0.15) is 0 Å². The summed E-state index contributed by atoms with van der Waals surface area (Å²) in [5, 5.41) is 0. The molecule has 1 amide bonds. The lowest BCUT2D eigenvalue weighted by Crippen LogP contribution is -2.55. The van der Waals surface area contributed by atoms with Crippen LogP contribution in [-0.2, 0) is 16.0 Å². The summed E-state index contributed by atoms with van der Waals surface area (Å²) in [6.45, 7) is 5.75. The number of carbonyl (C=O) groups is 1. The van der Waals surface area contributed by atoms with E-state index < -0.39 is 0 Å². The highest BCUT2D eigenvalue weighted by Gasteiger charge is 2.33. The molecule has 0 saturated carbocycles. The van der Waals surface area contributed by atoms with E-state index in [0.29, 0.717) is 26.2 Å². The molecule has 0 aromatic heterocycles. The number of benzene rings is 1. The van der Waals surface area contributed by atoms with Crippen LogP contribution in [-0.4, -0.2) is 36.1 Å². The van der Waals surface area contributed by atoms with Crippen molar-refractivity contribution in [3.8, 4) is 0 Å². The maximum atomic E-state index is 12.8. The van der Waals surface area contributed by atoms with E-state index in [1.54, 1.807) is 12.1 Å². The normalized spacial score (nSPS) is 18.7. The van der Waals surface area contributed by atoms with Crippen molar-refractivity contribution in [2.75, 3.05) is 19.8 Å². The van der Waals surface area contributed by atoms with Crippen LogP contribution in [0.3, 0.4) is 0 Å². The van der Waals surface area contributed by atoms with Gasteiger partial charge in [0.1, 0.15) is 5.82 Å². The van der Waals surface area contributed by atoms with Gasteiger partial charge in [-0.1, -0.05) is 12.1 Å². The number of morpholine rings is 1. The van der Waals surface area contributed by atoms with E-state index in [1.165, 1.54) is 12.1 Å². The average Bonchev–Trinajstić information content (AvgIpc) is 2.31. The van der Waals surface area contributed by atoms with Gasteiger partial charge in [0.25, 0.3) is 0 Å². The van der Waals surface area contributed by atoms with Gasteiger partial charge < -0.3 is 9.64 Å². The fourth-order valence-corrected chi connectivity index (χ4v) is 2.19. The molecule has 1 aromatic rings. The van der Waals surface area contributed by atoms with Crippen LogP contribution in [0.15, 0.2) is 24.3 Å². The van der Waals surface area contributed by atoms with Gasteiger partial charge in [-0.25, -0.2) is 4.39 Å². The molecule has 1 aliphatic rings. The number of amides is 1. The van der Waals surface area contributed by atoms with Crippen LogP contribution >= 0.6 is 0 Å². The number of rotatable bonds is 2. The molecule has 1 saturated heterocycles. The Labute approximate surface area is 107 Å². The molecule has 1 heterocycles. The van der Waals surface area contributed by atoms with Crippen molar-refractivity contribution in [2.24, 2.45) is 0 Å². The van der Waals surface area contributed by atoms with E-state index in [0.717, 1.165) is 5.56 Å². The van der Waals surface area contributed by atoms with E-state index in [-0.39, 0.29) is 17.3 Å². The number of nitrogens with zero attached hydrogens (tertiary/aromatic N) is 1. The van der Waals surface area contributed by atoms with E-state index in [4.69, 9.17) is 4.74 Å². The minimum Gasteiger partial charge on any atom is -0.377 e. The van der Waals surface area contributed by atoms with Gasteiger partial charge >= 0.3 is 0 Å². The van der Waals surface area contributed by atoms with Crippen molar-refractivity contribution in [2.45, 2.75) is 25.8 Å². The van der Waals surface area contributed by atoms with E-state index in [2.05, 4.69) is 0 Å². The molecule has 4 heteroatoms. The van der Waals surface area contributed by atoms with Gasteiger partial charge in [0.15, 0.2) is 0 Å². The molecular weight excluding hydrogens is 233 g/mol. The number of hydrogen-bond acceptors (Lipinski definition) is 2. The van der Waals surface area contributed by atoms with Crippen LogP contribution in [0, 0.1) is 5.82 Å². The molecule has 0 bridgehead atoms. The number of carbonyl (C=O) groups excluding carboxylic acids is 1. The molecule has 1 aliphatic heterocycles. The highest BCUT2D eigenvalue weighted by molar-refractivity contribution is 5.79. The Bertz CT molecular complexity index is 428. The Morgan fingerprint density at radius 1 is 1.39 bits per heavy atom. The lowest BCUT2D eigenvalue weighted by atomic mass is 10.0. The molecule has 1 fully saturated rings. The zero-order valence-electron chi connectivity index (χ0n) is 10.8. The van der Waals surface area contributed by atoms with Gasteiger partial charge in [-0.15, -0.1) is 0 Å². The van der Waals surface area contributed by atoms with Crippen LogP contribution in [0.4, 0.5) is 4.39 Å². The van der Waals surface area contributed by atoms with E-state index in [1.807, 2.05) is 18.7 Å². The van der Waals surface area contributed by atoms with E-state index >= 15 is 0 Å². The maximum Gasteiger partial charge on any atom is 0.227 e. The quantitative estimate of drug-likeness (QED) is 0.804. The summed E-state index contributed by atoms with van der Waals surface area (Å²) < 4.78 is 18.2. The minimum atomic E-state index is -0.280. The molecule has 0 radical (unpaired) electrons. The van der Waals surface area contributed by atoms with Crippen LogP contribution < -0.4 is 0 Å². The third kappa shape index (κ3) is 2.88. The summed E-state index contributed by atoms with van der Waals surface area (Å²) >= 11 is 0. The minimum absolute atomic E-state index is 0.0647. The Kier molecular flexibility index (Phi) is 3.66. The van der Waals surface area contributed by atoms with Gasteiger partial charge in [-0.3, -0.25) is 4.79 Å². The lowest BCUT2D eigenvalue weighted by molar-refractivity contribution is -0.145. The fraction of sp³-hybridized carbons (Fsp3) is 0.500. The molecule has 0 spiro atoms. The van der Waals surface area contributed by atoms with Crippen molar-refractivity contribution in [3.63, 3.8) is 0 Å². The molecule has 18 heavy (non-hydrogen) atoms. The van der Waals surface area contributed by atoms with Crippen molar-refractivity contribution >= 4 is 5.91 Å². The monoisotopic (exact) mass is 251 g/mol. The smallest absolute Gasteiger partial charge is 0.227 e. The largest absolute Gasteiger partial charge is 0.377 e. The summed E-state index contributed by atoms with van der Waals surface area (Å²) in [5.41, 5.74) is 0.568. The highest BCUT2D eigenvalue weighted by atomic mass is 19.1. The Hall–Kier alpha value is -1.42. The molecule has 0 unspecified atom stereocenters. The molecular formula is C14H18FNO2. The number of halogens is 1. The zero-order valence-corrected chi connectivity index (χ0v) is 10.8. The summed E-state index contributed by atoms with van der Waals surface area (Å²) in [6.07, 6.45) is 0.309. The molecule has 2 rings (SSSR count). The van der Waals surface area contributed by atoms with Crippen LogP contribution in [0.2, 0.25) is 0 Å². The first kappa shape index (κ1) is 13.0. The van der Waals surface area contributed by atoms with Gasteiger partial charge in [-0.05, 0) is 31.5 Å². The number of ether oxygens (including phenoxy) is 1. The van der Waals surface area contributed by atoms with Crippen LogP contribution in [0.5, 0.6) is 0 Å². The first-order valence-electron chi connectivity index (χ1n) is 6.12. The van der Waals surface area contributed by atoms with Crippen molar-refractivity contribution < 1.29 is 13.9 Å². The molecule has 0 N–H and O–H groups in total. The second-order valence-corrected chi connectivity index (χ2v) is 5.21. The van der Waals surface area contributed by atoms with Gasteiger partial charge in [0.2, 0.25) is 5.91 Å². The summed E-state index contributed by atoms with van der Waals surface area (Å²) in [6, 6.07) is 6.07. The Morgan fingerprint density at radius 2 is 2.06 bits per heavy atom. The standard InChI is InChI=1S/C14H18FNO2/c1-14(2)10-18-8-7-16(14)13(17)9-11-3-5-12(15)6-4-11/h3-6H,7-10H2,1-2H3. The van der Waals surface area contributed by atoms with E-state index in [9.17, 15) is 9.18 Å². The molecule has 0 atom stereocenters. The van der Waals surface area contributed by atoms with Gasteiger partial charge in [0, 0.05) is 6.54 Å². The summed E-state index contributed by atoms with van der Waals surface area (Å²) in [4.78, 5) is 14.1. The maximum absolute atomic E-state index is 12.8. The van der Waals surface area contributed by atoms with Crippen molar-refractivity contribution in [1.82, 2.24) is 4.90 Å². The van der Waals surface area contributed by atoms with Crippen LogP contribution in [0.1, 0.15) is 19.4 Å². The third-order valence-corrected chi connectivity index (χ3v) is 3.21. The second-order valence-electron chi connectivity index (χ2n) is 5.21. The average molecular weight is 251 g/mol. The molecule has 98 valence electrons. The number of hydrogen-bond donors (Lipinski definition) is 0. The van der Waals surface area contributed by atoms with Crippen molar-refractivity contribution in [3.05, 3.63) is 35.6 Å². The molecule has 3 nitrogen and oxygen atoms in total. The topological polar surface area (TPSA) is 29.5 Å². The highest BCUT2D eigenvalue weighted by Crippen LogP contribution is 2.20. The Morgan fingerprint density at radius 3 is 2.67 bits per heavy atom. The molecule has 0 aliphatic carbocycles. The summed E-state index contributed by atoms with van der Waals surface area (Å²) in [7, 11) is 0. The predicted octanol–water partition coefficient (Wildman–Crippen LogP) is 2.01. The zero-order chi connectivity index (χ0) is 13.2. The first-order chi connectivity index (χ1) is 8.49. The third-order valence-electron chi connectivity index (χ3n) is 3.21. The van der Waals surface area contributed by atoms with Crippen LogP contribution in [0.25, 0.3) is 0 Å².